The summed E-state index contributed by atoms with van der Waals surface area (Å²) in [6.07, 6.45) is 5.60. The molecule has 1 atom stereocenters. The number of hydrogen-bond donors (Lipinski definition) is 0. The number of para-hydroxylation sites is 1. The predicted molar refractivity (Wildman–Crippen MR) is 112 cm³/mol. The summed E-state index contributed by atoms with van der Waals surface area (Å²) in [5.41, 5.74) is 1.92. The van der Waals surface area contributed by atoms with Gasteiger partial charge in [0.1, 0.15) is 6.61 Å². The van der Waals surface area contributed by atoms with Gasteiger partial charge in [0.15, 0.2) is 0 Å². The van der Waals surface area contributed by atoms with Crippen molar-refractivity contribution in [3.63, 3.8) is 0 Å². The van der Waals surface area contributed by atoms with Crippen LogP contribution in [0.3, 0.4) is 0 Å². The molecule has 4 heteroatoms. The van der Waals surface area contributed by atoms with Crippen molar-refractivity contribution in [1.29, 1.82) is 0 Å². The predicted octanol–water partition coefficient (Wildman–Crippen LogP) is 6.56. The van der Waals surface area contributed by atoms with E-state index < -0.39 is 0 Å². The van der Waals surface area contributed by atoms with Crippen LogP contribution >= 0.6 is 15.9 Å². The first kappa shape index (κ1) is 20.5. The van der Waals surface area contributed by atoms with E-state index in [0.717, 1.165) is 24.1 Å². The Bertz CT molecular complexity index is 633. The van der Waals surface area contributed by atoms with E-state index >= 15 is 0 Å². The highest BCUT2D eigenvalue weighted by Gasteiger charge is 2.19. The van der Waals surface area contributed by atoms with Gasteiger partial charge in [0.25, 0.3) is 0 Å². The van der Waals surface area contributed by atoms with E-state index in [1.54, 1.807) is 4.90 Å². The SMILES string of the molecule is CCCCCCC(Br)COC(=O)N(Cc1ccccc1)c1ccccc1. The van der Waals surface area contributed by atoms with Gasteiger partial charge in [-0.1, -0.05) is 97.1 Å². The summed E-state index contributed by atoms with van der Waals surface area (Å²) in [7, 11) is 0. The number of amides is 1. The Balaban J connectivity index is 1.93. The third kappa shape index (κ3) is 7.20. The Morgan fingerprint density at radius 1 is 1.00 bits per heavy atom. The molecule has 0 N–H and O–H groups in total. The second kappa shape index (κ2) is 11.7. The minimum Gasteiger partial charge on any atom is -0.448 e. The van der Waals surface area contributed by atoms with Gasteiger partial charge in [-0.3, -0.25) is 4.90 Å². The normalized spacial score (nSPS) is 11.8. The Labute approximate surface area is 165 Å². The average Bonchev–Trinajstić information content (AvgIpc) is 2.69. The van der Waals surface area contributed by atoms with E-state index in [0.29, 0.717) is 13.2 Å². The summed E-state index contributed by atoms with van der Waals surface area (Å²) in [6, 6.07) is 19.6. The highest BCUT2D eigenvalue weighted by atomic mass is 79.9. The van der Waals surface area contributed by atoms with Gasteiger partial charge in [-0.2, -0.15) is 0 Å². The number of rotatable bonds is 10. The average molecular weight is 418 g/mol. The van der Waals surface area contributed by atoms with Gasteiger partial charge >= 0.3 is 6.09 Å². The van der Waals surface area contributed by atoms with Crippen molar-refractivity contribution in [3.05, 3.63) is 66.2 Å². The summed E-state index contributed by atoms with van der Waals surface area (Å²) in [5.74, 6) is 0. The summed E-state index contributed by atoms with van der Waals surface area (Å²) in [5, 5.41) is 0. The van der Waals surface area contributed by atoms with Crippen molar-refractivity contribution in [2.45, 2.75) is 50.4 Å². The van der Waals surface area contributed by atoms with Gasteiger partial charge in [0.05, 0.1) is 6.54 Å². The molecule has 3 nitrogen and oxygen atoms in total. The molecular formula is C22H28BrNO2. The molecule has 0 heterocycles. The first-order valence-corrected chi connectivity index (χ1v) is 10.3. The van der Waals surface area contributed by atoms with E-state index in [1.165, 1.54) is 19.3 Å². The van der Waals surface area contributed by atoms with Crippen LogP contribution in [0.5, 0.6) is 0 Å². The number of halogens is 1. The van der Waals surface area contributed by atoms with Crippen LogP contribution < -0.4 is 4.90 Å². The Kier molecular flexibility index (Phi) is 9.26. The third-order valence-electron chi connectivity index (χ3n) is 4.23. The number of carbonyl (C=O) groups is 1. The molecule has 0 aromatic heterocycles. The number of alkyl halides is 1. The van der Waals surface area contributed by atoms with Crippen LogP contribution in [-0.4, -0.2) is 17.5 Å². The Hall–Kier alpha value is -1.81. The lowest BCUT2D eigenvalue weighted by Gasteiger charge is -2.23. The molecule has 0 aliphatic heterocycles. The zero-order valence-corrected chi connectivity index (χ0v) is 17.0. The number of hydrogen-bond acceptors (Lipinski definition) is 2. The maximum absolute atomic E-state index is 12.7. The third-order valence-corrected chi connectivity index (χ3v) is 4.95. The van der Waals surface area contributed by atoms with Crippen LogP contribution in [0.1, 0.15) is 44.6 Å². The van der Waals surface area contributed by atoms with E-state index in [9.17, 15) is 4.79 Å². The molecule has 0 aliphatic rings. The van der Waals surface area contributed by atoms with Gasteiger partial charge in [-0.15, -0.1) is 0 Å². The minimum absolute atomic E-state index is 0.206. The van der Waals surface area contributed by atoms with Crippen molar-refractivity contribution in [1.82, 2.24) is 0 Å². The topological polar surface area (TPSA) is 29.5 Å². The molecule has 0 saturated heterocycles. The molecule has 2 aromatic carbocycles. The van der Waals surface area contributed by atoms with Crippen LogP contribution in [0, 0.1) is 0 Å². The number of benzene rings is 2. The van der Waals surface area contributed by atoms with Gasteiger partial charge in [0, 0.05) is 10.5 Å². The van der Waals surface area contributed by atoms with E-state index in [2.05, 4.69) is 22.9 Å². The van der Waals surface area contributed by atoms with Gasteiger partial charge in [-0.05, 0) is 24.1 Å². The first-order valence-electron chi connectivity index (χ1n) is 9.38. The Morgan fingerprint density at radius 3 is 2.31 bits per heavy atom. The number of anilines is 1. The molecule has 140 valence electrons. The number of ether oxygens (including phenoxy) is 1. The van der Waals surface area contributed by atoms with Crippen molar-refractivity contribution < 1.29 is 9.53 Å². The summed E-state index contributed by atoms with van der Waals surface area (Å²) in [6.45, 7) is 3.09. The standard InChI is InChI=1S/C22H28BrNO2/c1-2-3-4-9-14-20(23)18-26-22(25)24(21-15-10-6-11-16-21)17-19-12-7-5-8-13-19/h5-8,10-13,15-16,20H,2-4,9,14,17-18H2,1H3. The van der Waals surface area contributed by atoms with Crippen LogP contribution in [-0.2, 0) is 11.3 Å². The zero-order valence-electron chi connectivity index (χ0n) is 15.4. The van der Waals surface area contributed by atoms with E-state index in [-0.39, 0.29) is 10.9 Å². The van der Waals surface area contributed by atoms with Crippen LogP contribution in [0.15, 0.2) is 60.7 Å². The molecule has 1 unspecified atom stereocenters. The van der Waals surface area contributed by atoms with Crippen molar-refractivity contribution in [2.24, 2.45) is 0 Å². The smallest absolute Gasteiger partial charge is 0.414 e. The molecule has 2 aromatic rings. The summed E-state index contributed by atoms with van der Waals surface area (Å²) < 4.78 is 5.59. The number of nitrogens with zero attached hydrogens (tertiary/aromatic N) is 1. The van der Waals surface area contributed by atoms with E-state index in [4.69, 9.17) is 4.74 Å². The number of unbranched alkanes of at least 4 members (excludes halogenated alkanes) is 3. The molecule has 0 aliphatic carbocycles. The second-order valence-corrected chi connectivity index (χ2v) is 7.73. The number of carbonyl (C=O) groups excluding carboxylic acids is 1. The zero-order chi connectivity index (χ0) is 18.6. The fraction of sp³-hybridized carbons (Fsp3) is 0.409. The van der Waals surface area contributed by atoms with Crippen molar-refractivity contribution in [2.75, 3.05) is 11.5 Å². The fourth-order valence-corrected chi connectivity index (χ4v) is 3.21. The Morgan fingerprint density at radius 2 is 1.65 bits per heavy atom. The maximum Gasteiger partial charge on any atom is 0.414 e. The monoisotopic (exact) mass is 417 g/mol. The minimum atomic E-state index is -0.307. The summed E-state index contributed by atoms with van der Waals surface area (Å²) in [4.78, 5) is 14.6. The van der Waals surface area contributed by atoms with Crippen LogP contribution in [0.25, 0.3) is 0 Å². The lowest BCUT2D eigenvalue weighted by atomic mass is 10.1. The fourth-order valence-electron chi connectivity index (χ4n) is 2.75. The first-order chi connectivity index (χ1) is 12.7. The molecule has 0 fully saturated rings. The van der Waals surface area contributed by atoms with Gasteiger partial charge in [-0.25, -0.2) is 4.79 Å². The molecule has 0 spiro atoms. The van der Waals surface area contributed by atoms with Crippen molar-refractivity contribution >= 4 is 27.7 Å². The van der Waals surface area contributed by atoms with Crippen molar-refractivity contribution in [3.8, 4) is 0 Å². The molecule has 0 bridgehead atoms. The molecular weight excluding hydrogens is 390 g/mol. The molecule has 1 amide bonds. The molecule has 0 radical (unpaired) electrons. The van der Waals surface area contributed by atoms with Crippen LogP contribution in [0.4, 0.5) is 10.5 Å². The maximum atomic E-state index is 12.7. The lowest BCUT2D eigenvalue weighted by Crippen LogP contribution is -2.32. The molecule has 26 heavy (non-hydrogen) atoms. The lowest BCUT2D eigenvalue weighted by molar-refractivity contribution is 0.153. The highest BCUT2D eigenvalue weighted by molar-refractivity contribution is 9.09. The highest BCUT2D eigenvalue weighted by Crippen LogP contribution is 2.19. The second-order valence-electron chi connectivity index (χ2n) is 6.43. The quantitative estimate of drug-likeness (QED) is 0.323. The largest absolute Gasteiger partial charge is 0.448 e. The van der Waals surface area contributed by atoms with Gasteiger partial charge < -0.3 is 4.74 Å². The van der Waals surface area contributed by atoms with Crippen LogP contribution in [0.2, 0.25) is 0 Å². The van der Waals surface area contributed by atoms with E-state index in [1.807, 2.05) is 60.7 Å². The summed E-state index contributed by atoms with van der Waals surface area (Å²) >= 11 is 3.63. The molecule has 0 saturated carbocycles. The van der Waals surface area contributed by atoms with Gasteiger partial charge in [0.2, 0.25) is 0 Å². The molecule has 2 rings (SSSR count).